The average Bonchev–Trinajstić information content (AvgIpc) is 3.29. The number of hydrogen-bond donors (Lipinski definition) is 0. The highest BCUT2D eigenvalue weighted by molar-refractivity contribution is 6.21. The number of aromatic nitrogens is 1. The molecule has 3 aliphatic rings. The van der Waals surface area contributed by atoms with Gasteiger partial charge in [-0.25, -0.2) is 0 Å². The lowest BCUT2D eigenvalue weighted by molar-refractivity contribution is -0.131. The van der Waals surface area contributed by atoms with Crippen molar-refractivity contribution in [3.8, 4) is 5.75 Å². The second-order valence-electron chi connectivity index (χ2n) is 7.90. The minimum atomic E-state index is -0.711. The predicted molar refractivity (Wildman–Crippen MR) is 108 cm³/mol. The highest BCUT2D eigenvalue weighted by Gasteiger charge is 2.54. The highest BCUT2D eigenvalue weighted by Crippen LogP contribution is 2.50. The zero-order valence-electron chi connectivity index (χ0n) is 16.6. The van der Waals surface area contributed by atoms with Crippen molar-refractivity contribution in [2.45, 2.75) is 43.7 Å². The number of nitrogens with zero attached hydrogens (tertiary/aromatic N) is 2. The van der Waals surface area contributed by atoms with Crippen LogP contribution in [0.1, 0.15) is 36.6 Å². The van der Waals surface area contributed by atoms with Gasteiger partial charge < -0.3 is 14.0 Å². The van der Waals surface area contributed by atoms with Gasteiger partial charge in [-0.05, 0) is 32.3 Å². The second kappa shape index (κ2) is 7.16. The standard InChI is InChI=1S/C22H21ClN2O5/c1-11-9-17(24-30-11)25-19(13-5-3-4-6-15(13)28-2)18-20(26)14-10-12(23)7-8-16(14)29-21(18)22(25)27/h3-6,9,12,14,16,19H,7-8,10H2,1-2H3. The number of alkyl halides is 1. The van der Waals surface area contributed by atoms with Gasteiger partial charge >= 0.3 is 0 Å². The summed E-state index contributed by atoms with van der Waals surface area (Å²) in [6.07, 6.45) is 1.62. The lowest BCUT2D eigenvalue weighted by atomic mass is 9.77. The molecule has 4 atom stereocenters. The lowest BCUT2D eigenvalue weighted by Gasteiger charge is -2.37. The van der Waals surface area contributed by atoms with Crippen LogP contribution in [0.3, 0.4) is 0 Å². The second-order valence-corrected chi connectivity index (χ2v) is 8.51. The third-order valence-corrected chi connectivity index (χ3v) is 6.48. The van der Waals surface area contributed by atoms with Gasteiger partial charge in [0.25, 0.3) is 5.91 Å². The van der Waals surface area contributed by atoms with Crippen LogP contribution in [0.4, 0.5) is 5.82 Å². The number of ether oxygens (including phenoxy) is 2. The molecule has 0 N–H and O–H groups in total. The Kier molecular flexibility index (Phi) is 4.58. The molecule has 1 saturated carbocycles. The molecule has 2 aromatic rings. The van der Waals surface area contributed by atoms with Crippen LogP contribution in [-0.2, 0) is 14.3 Å². The van der Waals surface area contributed by atoms with E-state index in [0.717, 1.165) is 6.42 Å². The van der Waals surface area contributed by atoms with E-state index in [0.29, 0.717) is 41.3 Å². The van der Waals surface area contributed by atoms with Crippen LogP contribution in [0.15, 0.2) is 46.2 Å². The smallest absolute Gasteiger partial charge is 0.295 e. The highest BCUT2D eigenvalue weighted by atomic mass is 35.5. The summed E-state index contributed by atoms with van der Waals surface area (Å²) in [5, 5.41) is 3.97. The Morgan fingerprint density at radius 2 is 2.03 bits per heavy atom. The molecule has 1 fully saturated rings. The first kappa shape index (κ1) is 19.2. The fourth-order valence-electron chi connectivity index (χ4n) is 4.71. The summed E-state index contributed by atoms with van der Waals surface area (Å²) in [6, 6.07) is 8.30. The molecule has 1 aromatic heterocycles. The zero-order valence-corrected chi connectivity index (χ0v) is 17.4. The summed E-state index contributed by atoms with van der Waals surface area (Å²) in [7, 11) is 1.56. The third-order valence-electron chi connectivity index (χ3n) is 6.08. The van der Waals surface area contributed by atoms with Gasteiger partial charge in [-0.1, -0.05) is 23.4 Å². The molecule has 3 heterocycles. The van der Waals surface area contributed by atoms with E-state index in [2.05, 4.69) is 5.16 Å². The maximum atomic E-state index is 13.6. The van der Waals surface area contributed by atoms with E-state index in [1.54, 1.807) is 26.2 Å². The van der Waals surface area contributed by atoms with E-state index in [1.807, 2.05) is 18.2 Å². The number of aryl methyl sites for hydroxylation is 1. The van der Waals surface area contributed by atoms with Crippen LogP contribution in [0.5, 0.6) is 5.75 Å². The largest absolute Gasteiger partial charge is 0.496 e. The summed E-state index contributed by atoms with van der Waals surface area (Å²) >= 11 is 6.36. The van der Waals surface area contributed by atoms with Crippen LogP contribution in [0.2, 0.25) is 0 Å². The van der Waals surface area contributed by atoms with Crippen molar-refractivity contribution in [2.75, 3.05) is 12.0 Å². The number of halogens is 1. The van der Waals surface area contributed by atoms with Crippen LogP contribution >= 0.6 is 11.6 Å². The predicted octanol–water partition coefficient (Wildman–Crippen LogP) is 3.71. The molecule has 1 amide bonds. The van der Waals surface area contributed by atoms with E-state index in [1.165, 1.54) is 4.90 Å². The molecule has 0 bridgehead atoms. The molecule has 5 rings (SSSR count). The third kappa shape index (κ3) is 2.83. The van der Waals surface area contributed by atoms with E-state index in [-0.39, 0.29) is 28.9 Å². The summed E-state index contributed by atoms with van der Waals surface area (Å²) in [4.78, 5) is 28.6. The summed E-state index contributed by atoms with van der Waals surface area (Å²) < 4.78 is 16.9. The van der Waals surface area contributed by atoms with Gasteiger partial charge in [0.05, 0.1) is 18.6 Å². The summed E-state index contributed by atoms with van der Waals surface area (Å²) in [5.41, 5.74) is 1.03. The number of ketones is 1. The molecular formula is C22H21ClN2O5. The fourth-order valence-corrected chi connectivity index (χ4v) is 5.02. The molecule has 7 nitrogen and oxygen atoms in total. The van der Waals surface area contributed by atoms with Crippen LogP contribution in [0.25, 0.3) is 0 Å². The van der Waals surface area contributed by atoms with E-state index < -0.39 is 11.9 Å². The Labute approximate surface area is 178 Å². The van der Waals surface area contributed by atoms with E-state index in [4.69, 9.17) is 25.6 Å². The van der Waals surface area contributed by atoms with Gasteiger partial charge in [-0.15, -0.1) is 11.6 Å². The molecular weight excluding hydrogens is 408 g/mol. The molecule has 1 aliphatic carbocycles. The number of hydrogen-bond acceptors (Lipinski definition) is 6. The number of para-hydroxylation sites is 1. The van der Waals surface area contributed by atoms with E-state index in [9.17, 15) is 9.59 Å². The molecule has 2 aliphatic heterocycles. The minimum Gasteiger partial charge on any atom is -0.496 e. The van der Waals surface area contributed by atoms with Crippen molar-refractivity contribution in [3.05, 3.63) is 53.0 Å². The zero-order chi connectivity index (χ0) is 21.0. The SMILES string of the molecule is COc1ccccc1C1C2=C(OC3CCC(Cl)CC3C2=O)C(=O)N1c1cc(C)on1. The molecule has 8 heteroatoms. The normalized spacial score (nSPS) is 28.3. The number of benzene rings is 1. The Bertz CT molecular complexity index is 1060. The number of carbonyl (C=O) groups excluding carboxylic acids is 2. The molecule has 30 heavy (non-hydrogen) atoms. The van der Waals surface area contributed by atoms with Gasteiger partial charge in [0.1, 0.15) is 23.7 Å². The number of amides is 1. The first-order chi connectivity index (χ1) is 14.5. The minimum absolute atomic E-state index is 0.0722. The number of Topliss-reactive ketones (excluding diaryl/α,β-unsaturated/α-hetero) is 1. The number of carbonyl (C=O) groups is 2. The van der Waals surface area contributed by atoms with Crippen molar-refractivity contribution in [3.63, 3.8) is 0 Å². The van der Waals surface area contributed by atoms with Crippen LogP contribution in [0, 0.1) is 12.8 Å². The maximum Gasteiger partial charge on any atom is 0.295 e. The first-order valence-corrected chi connectivity index (χ1v) is 10.4. The Morgan fingerprint density at radius 3 is 2.77 bits per heavy atom. The van der Waals surface area contributed by atoms with Gasteiger partial charge in [-0.3, -0.25) is 14.5 Å². The summed E-state index contributed by atoms with van der Waals surface area (Å²) in [5.74, 6) is 0.732. The van der Waals surface area contributed by atoms with Gasteiger partial charge in [0.15, 0.2) is 17.4 Å². The Hall–Kier alpha value is -2.80. The van der Waals surface area contributed by atoms with Gasteiger partial charge in [0, 0.05) is 17.0 Å². The quantitative estimate of drug-likeness (QED) is 0.693. The number of fused-ring (bicyclic) bond motifs is 1. The molecule has 156 valence electrons. The van der Waals surface area contributed by atoms with Crippen molar-refractivity contribution in [2.24, 2.45) is 5.92 Å². The summed E-state index contributed by atoms with van der Waals surface area (Å²) in [6.45, 7) is 1.75. The average molecular weight is 429 g/mol. The van der Waals surface area contributed by atoms with Crippen molar-refractivity contribution in [1.82, 2.24) is 5.16 Å². The van der Waals surface area contributed by atoms with E-state index >= 15 is 0 Å². The Balaban J connectivity index is 1.67. The number of anilines is 1. The topological polar surface area (TPSA) is 81.9 Å². The van der Waals surface area contributed by atoms with Crippen LogP contribution < -0.4 is 9.64 Å². The molecule has 0 radical (unpaired) electrons. The maximum absolute atomic E-state index is 13.6. The van der Waals surface area contributed by atoms with Crippen molar-refractivity contribution >= 4 is 29.1 Å². The monoisotopic (exact) mass is 428 g/mol. The fraction of sp³-hybridized carbons (Fsp3) is 0.409. The molecule has 0 saturated heterocycles. The van der Waals surface area contributed by atoms with Crippen molar-refractivity contribution in [1.29, 1.82) is 0 Å². The van der Waals surface area contributed by atoms with Crippen molar-refractivity contribution < 1.29 is 23.6 Å². The van der Waals surface area contributed by atoms with Gasteiger partial charge in [0.2, 0.25) is 0 Å². The van der Waals surface area contributed by atoms with Gasteiger partial charge in [-0.2, -0.15) is 0 Å². The Morgan fingerprint density at radius 1 is 1.23 bits per heavy atom. The molecule has 0 spiro atoms. The number of rotatable bonds is 3. The lowest BCUT2D eigenvalue weighted by Crippen LogP contribution is -2.41. The molecule has 1 aromatic carbocycles. The molecule has 4 unspecified atom stereocenters. The van der Waals surface area contributed by atoms with Crippen LogP contribution in [-0.4, -0.2) is 35.4 Å². The first-order valence-electron chi connectivity index (χ1n) is 9.98. The number of methoxy groups -OCH3 is 1.